The zero-order valence-electron chi connectivity index (χ0n) is 11.0. The standard InChI is InChI=1S/C14H20N4/c1-10-8-15-6-5-13(10)17-12-4-3-11-9-16-18(2)14(11)7-12/h3-4,7,9-10,13,15,17H,5-6,8H2,1-2H3/t10-,13-/m1/s1. The Kier molecular flexibility index (Phi) is 2.96. The molecule has 1 aliphatic heterocycles. The summed E-state index contributed by atoms with van der Waals surface area (Å²) in [5.41, 5.74) is 2.38. The van der Waals surface area contributed by atoms with Crippen molar-refractivity contribution >= 4 is 16.6 Å². The van der Waals surface area contributed by atoms with Gasteiger partial charge < -0.3 is 10.6 Å². The lowest BCUT2D eigenvalue weighted by Gasteiger charge is -2.31. The van der Waals surface area contributed by atoms with Crippen LogP contribution in [0.1, 0.15) is 13.3 Å². The normalized spacial score (nSPS) is 24.3. The molecule has 0 saturated carbocycles. The molecule has 3 rings (SSSR count). The number of rotatable bonds is 2. The molecule has 0 radical (unpaired) electrons. The maximum Gasteiger partial charge on any atom is 0.0699 e. The summed E-state index contributed by atoms with van der Waals surface area (Å²) >= 11 is 0. The van der Waals surface area contributed by atoms with Gasteiger partial charge in [-0.25, -0.2) is 0 Å². The van der Waals surface area contributed by atoms with Gasteiger partial charge >= 0.3 is 0 Å². The van der Waals surface area contributed by atoms with E-state index in [9.17, 15) is 0 Å². The number of aryl methyl sites for hydroxylation is 1. The number of piperidine rings is 1. The summed E-state index contributed by atoms with van der Waals surface area (Å²) in [6.45, 7) is 4.51. The van der Waals surface area contributed by atoms with E-state index < -0.39 is 0 Å². The highest BCUT2D eigenvalue weighted by molar-refractivity contribution is 5.82. The van der Waals surface area contributed by atoms with Crippen LogP contribution < -0.4 is 10.6 Å². The van der Waals surface area contributed by atoms with E-state index in [4.69, 9.17) is 0 Å². The molecule has 0 unspecified atom stereocenters. The molecule has 2 heterocycles. The molecule has 96 valence electrons. The molecule has 4 nitrogen and oxygen atoms in total. The number of benzene rings is 1. The van der Waals surface area contributed by atoms with Gasteiger partial charge in [0.05, 0.1) is 11.7 Å². The number of nitrogens with zero attached hydrogens (tertiary/aromatic N) is 2. The fraction of sp³-hybridized carbons (Fsp3) is 0.500. The van der Waals surface area contributed by atoms with Gasteiger partial charge in [0, 0.05) is 24.2 Å². The highest BCUT2D eigenvalue weighted by Crippen LogP contribution is 2.22. The van der Waals surface area contributed by atoms with Crippen molar-refractivity contribution in [2.75, 3.05) is 18.4 Å². The second-order valence-electron chi connectivity index (χ2n) is 5.26. The Bertz CT molecular complexity index is 546. The maximum absolute atomic E-state index is 4.28. The molecule has 0 amide bonds. The first-order valence-electron chi connectivity index (χ1n) is 6.63. The van der Waals surface area contributed by atoms with Crippen LogP contribution in [-0.2, 0) is 7.05 Å². The largest absolute Gasteiger partial charge is 0.382 e. The van der Waals surface area contributed by atoms with Crippen LogP contribution in [0.3, 0.4) is 0 Å². The minimum atomic E-state index is 0.567. The van der Waals surface area contributed by atoms with Crippen LogP contribution in [0.2, 0.25) is 0 Å². The van der Waals surface area contributed by atoms with E-state index in [2.05, 4.69) is 40.9 Å². The summed E-state index contributed by atoms with van der Waals surface area (Å²) in [5, 5.41) is 12.6. The lowest BCUT2D eigenvalue weighted by molar-refractivity contribution is 0.368. The van der Waals surface area contributed by atoms with E-state index in [-0.39, 0.29) is 0 Å². The molecule has 0 bridgehead atoms. The predicted octanol–water partition coefficient (Wildman–Crippen LogP) is 1.98. The third kappa shape index (κ3) is 2.08. The van der Waals surface area contributed by atoms with Crippen molar-refractivity contribution in [3.63, 3.8) is 0 Å². The molecule has 18 heavy (non-hydrogen) atoms. The van der Waals surface area contributed by atoms with E-state index >= 15 is 0 Å². The molecule has 1 fully saturated rings. The lowest BCUT2D eigenvalue weighted by atomic mass is 9.95. The zero-order valence-corrected chi connectivity index (χ0v) is 11.0. The van der Waals surface area contributed by atoms with Crippen LogP contribution >= 0.6 is 0 Å². The Labute approximate surface area is 107 Å². The van der Waals surface area contributed by atoms with Crippen molar-refractivity contribution in [2.45, 2.75) is 19.4 Å². The first kappa shape index (κ1) is 11.5. The van der Waals surface area contributed by atoms with Crippen LogP contribution in [0, 0.1) is 5.92 Å². The summed E-state index contributed by atoms with van der Waals surface area (Å²) in [7, 11) is 1.99. The Balaban J connectivity index is 1.83. The van der Waals surface area contributed by atoms with Crippen molar-refractivity contribution < 1.29 is 0 Å². The van der Waals surface area contributed by atoms with Crippen molar-refractivity contribution in [3.8, 4) is 0 Å². The van der Waals surface area contributed by atoms with Gasteiger partial charge in [-0.2, -0.15) is 5.10 Å². The Morgan fingerprint density at radius 1 is 1.44 bits per heavy atom. The number of anilines is 1. The van der Waals surface area contributed by atoms with Crippen molar-refractivity contribution in [2.24, 2.45) is 13.0 Å². The van der Waals surface area contributed by atoms with Crippen molar-refractivity contribution in [1.82, 2.24) is 15.1 Å². The molecule has 1 aromatic heterocycles. The predicted molar refractivity (Wildman–Crippen MR) is 74.8 cm³/mol. The second-order valence-corrected chi connectivity index (χ2v) is 5.26. The van der Waals surface area contributed by atoms with E-state index in [0.29, 0.717) is 12.0 Å². The van der Waals surface area contributed by atoms with Gasteiger partial charge in [0.15, 0.2) is 0 Å². The van der Waals surface area contributed by atoms with Crippen LogP contribution in [0.4, 0.5) is 5.69 Å². The number of hydrogen-bond acceptors (Lipinski definition) is 3. The van der Waals surface area contributed by atoms with Gasteiger partial charge in [-0.1, -0.05) is 6.92 Å². The van der Waals surface area contributed by atoms with Crippen LogP contribution in [-0.4, -0.2) is 28.9 Å². The SMILES string of the molecule is C[C@@H]1CNCC[C@H]1Nc1ccc2cnn(C)c2c1. The second kappa shape index (κ2) is 4.61. The Morgan fingerprint density at radius 3 is 3.17 bits per heavy atom. The summed E-state index contributed by atoms with van der Waals surface area (Å²) in [5.74, 6) is 0.668. The van der Waals surface area contributed by atoms with Crippen molar-refractivity contribution in [3.05, 3.63) is 24.4 Å². The summed E-state index contributed by atoms with van der Waals surface area (Å²) in [6, 6.07) is 7.05. The highest BCUT2D eigenvalue weighted by atomic mass is 15.2. The highest BCUT2D eigenvalue weighted by Gasteiger charge is 2.20. The third-order valence-electron chi connectivity index (χ3n) is 3.89. The molecule has 2 aromatic rings. The fourth-order valence-corrected chi connectivity index (χ4v) is 2.68. The van der Waals surface area contributed by atoms with Gasteiger partial charge in [-0.3, -0.25) is 4.68 Å². The molecule has 1 aromatic carbocycles. The van der Waals surface area contributed by atoms with Crippen molar-refractivity contribution in [1.29, 1.82) is 0 Å². The topological polar surface area (TPSA) is 41.9 Å². The van der Waals surface area contributed by atoms with E-state index in [1.54, 1.807) is 0 Å². The smallest absolute Gasteiger partial charge is 0.0699 e. The molecule has 2 atom stereocenters. The lowest BCUT2D eigenvalue weighted by Crippen LogP contribution is -2.42. The molecule has 1 aliphatic rings. The number of aromatic nitrogens is 2. The van der Waals surface area contributed by atoms with Gasteiger partial charge in [0.2, 0.25) is 0 Å². The van der Waals surface area contributed by atoms with Crippen LogP contribution in [0.25, 0.3) is 10.9 Å². The van der Waals surface area contributed by atoms with Gasteiger partial charge in [0.25, 0.3) is 0 Å². The van der Waals surface area contributed by atoms with Gasteiger partial charge in [-0.05, 0) is 43.6 Å². The molecule has 4 heteroatoms. The monoisotopic (exact) mass is 244 g/mol. The molecule has 1 saturated heterocycles. The molecular weight excluding hydrogens is 224 g/mol. The quantitative estimate of drug-likeness (QED) is 0.849. The molecule has 0 aliphatic carbocycles. The Hall–Kier alpha value is -1.55. The Morgan fingerprint density at radius 2 is 2.33 bits per heavy atom. The third-order valence-corrected chi connectivity index (χ3v) is 3.89. The first-order valence-corrected chi connectivity index (χ1v) is 6.63. The minimum Gasteiger partial charge on any atom is -0.382 e. The van der Waals surface area contributed by atoms with Gasteiger partial charge in [0.1, 0.15) is 0 Å². The molecule has 0 spiro atoms. The summed E-state index contributed by atoms with van der Waals surface area (Å²) in [4.78, 5) is 0. The number of fused-ring (bicyclic) bond motifs is 1. The number of nitrogens with one attached hydrogen (secondary N) is 2. The minimum absolute atomic E-state index is 0.567. The first-order chi connectivity index (χ1) is 8.74. The zero-order chi connectivity index (χ0) is 12.5. The van der Waals surface area contributed by atoms with Crippen LogP contribution in [0.15, 0.2) is 24.4 Å². The fourth-order valence-electron chi connectivity index (χ4n) is 2.68. The van der Waals surface area contributed by atoms with E-state index in [1.807, 2.05) is 17.9 Å². The average Bonchev–Trinajstić information content (AvgIpc) is 2.74. The van der Waals surface area contributed by atoms with Gasteiger partial charge in [-0.15, -0.1) is 0 Å². The summed E-state index contributed by atoms with van der Waals surface area (Å²) < 4.78 is 1.92. The molecule has 2 N–H and O–H groups in total. The summed E-state index contributed by atoms with van der Waals surface area (Å²) in [6.07, 6.45) is 3.09. The molecular formula is C14H20N4. The average molecular weight is 244 g/mol. The van der Waals surface area contributed by atoms with Crippen LogP contribution in [0.5, 0.6) is 0 Å². The number of hydrogen-bond donors (Lipinski definition) is 2. The van der Waals surface area contributed by atoms with E-state index in [1.165, 1.54) is 23.0 Å². The van der Waals surface area contributed by atoms with E-state index in [0.717, 1.165) is 13.1 Å². The maximum atomic E-state index is 4.28.